The number of pyridine rings is 1. The highest BCUT2D eigenvalue weighted by atomic mass is 16.1. The Bertz CT molecular complexity index is 567. The Kier molecular flexibility index (Phi) is 3.30. The molecular weight excluding hydrogens is 226 g/mol. The van der Waals surface area contributed by atoms with Crippen LogP contribution in [0.1, 0.15) is 20.3 Å². The number of carbonyl (C=O) groups excluding carboxylic acids is 1. The highest BCUT2D eigenvalue weighted by Crippen LogP contribution is 2.22. The van der Waals surface area contributed by atoms with Gasteiger partial charge in [0.05, 0.1) is 5.69 Å². The summed E-state index contributed by atoms with van der Waals surface area (Å²) in [5.74, 6) is -0.0844. The second kappa shape index (κ2) is 4.74. The Morgan fingerprint density at radius 2 is 2.17 bits per heavy atom. The van der Waals surface area contributed by atoms with Crippen molar-refractivity contribution in [3.05, 3.63) is 36.7 Å². The predicted molar refractivity (Wildman–Crippen MR) is 73.3 cm³/mol. The number of anilines is 1. The van der Waals surface area contributed by atoms with E-state index in [1.54, 1.807) is 12.4 Å². The van der Waals surface area contributed by atoms with E-state index in [2.05, 4.69) is 10.3 Å². The summed E-state index contributed by atoms with van der Waals surface area (Å²) >= 11 is 0. The number of aromatic nitrogens is 1. The zero-order chi connectivity index (χ0) is 13.2. The topological polar surface area (TPSA) is 68.0 Å². The molecule has 0 aliphatic heterocycles. The van der Waals surface area contributed by atoms with Crippen LogP contribution in [0.2, 0.25) is 0 Å². The van der Waals surface area contributed by atoms with Gasteiger partial charge in [-0.1, -0.05) is 12.1 Å². The van der Waals surface area contributed by atoms with Gasteiger partial charge in [-0.2, -0.15) is 0 Å². The molecule has 18 heavy (non-hydrogen) atoms. The Balaban J connectivity index is 2.24. The van der Waals surface area contributed by atoms with E-state index in [9.17, 15) is 4.79 Å². The van der Waals surface area contributed by atoms with E-state index in [0.717, 1.165) is 16.5 Å². The van der Waals surface area contributed by atoms with Gasteiger partial charge in [0.25, 0.3) is 0 Å². The largest absolute Gasteiger partial charge is 0.325 e. The molecule has 3 N–H and O–H groups in total. The van der Waals surface area contributed by atoms with E-state index in [0.29, 0.717) is 0 Å². The van der Waals surface area contributed by atoms with Crippen molar-refractivity contribution in [3.8, 4) is 0 Å². The van der Waals surface area contributed by atoms with Crippen LogP contribution in [0, 0.1) is 0 Å². The van der Waals surface area contributed by atoms with Crippen molar-refractivity contribution in [1.29, 1.82) is 0 Å². The van der Waals surface area contributed by atoms with E-state index in [-0.39, 0.29) is 12.3 Å². The van der Waals surface area contributed by atoms with Crippen LogP contribution < -0.4 is 11.1 Å². The van der Waals surface area contributed by atoms with Gasteiger partial charge in [0.1, 0.15) is 0 Å². The lowest BCUT2D eigenvalue weighted by Crippen LogP contribution is -2.36. The van der Waals surface area contributed by atoms with Crippen LogP contribution in [-0.4, -0.2) is 16.4 Å². The van der Waals surface area contributed by atoms with Gasteiger partial charge in [0, 0.05) is 29.7 Å². The van der Waals surface area contributed by atoms with Gasteiger partial charge in [-0.3, -0.25) is 9.78 Å². The number of fused-ring (bicyclic) bond motifs is 1. The molecule has 94 valence electrons. The van der Waals surface area contributed by atoms with Gasteiger partial charge < -0.3 is 11.1 Å². The highest BCUT2D eigenvalue weighted by molar-refractivity contribution is 6.01. The maximum Gasteiger partial charge on any atom is 0.226 e. The van der Waals surface area contributed by atoms with Gasteiger partial charge in [0.2, 0.25) is 5.91 Å². The summed E-state index contributed by atoms with van der Waals surface area (Å²) in [4.78, 5) is 15.9. The average Bonchev–Trinajstić information content (AvgIpc) is 2.27. The average molecular weight is 243 g/mol. The third-order valence-corrected chi connectivity index (χ3v) is 2.57. The van der Waals surface area contributed by atoms with Crippen molar-refractivity contribution in [1.82, 2.24) is 4.98 Å². The summed E-state index contributed by atoms with van der Waals surface area (Å²) in [7, 11) is 0. The quantitative estimate of drug-likeness (QED) is 0.869. The molecule has 4 heteroatoms. The molecule has 0 aliphatic carbocycles. The number of rotatable bonds is 3. The molecule has 0 unspecified atom stereocenters. The predicted octanol–water partition coefficient (Wildman–Crippen LogP) is 2.30. The molecule has 0 aliphatic rings. The van der Waals surface area contributed by atoms with E-state index in [4.69, 9.17) is 5.73 Å². The lowest BCUT2D eigenvalue weighted by Gasteiger charge is -2.18. The Labute approximate surface area is 106 Å². The molecule has 0 radical (unpaired) electrons. The summed E-state index contributed by atoms with van der Waals surface area (Å²) in [6.07, 6.45) is 3.76. The van der Waals surface area contributed by atoms with E-state index >= 15 is 0 Å². The molecule has 4 nitrogen and oxygen atoms in total. The van der Waals surface area contributed by atoms with Crippen LogP contribution in [0.4, 0.5) is 5.69 Å². The van der Waals surface area contributed by atoms with Crippen molar-refractivity contribution in [2.75, 3.05) is 5.32 Å². The number of nitrogens with zero attached hydrogens (tertiary/aromatic N) is 1. The van der Waals surface area contributed by atoms with Crippen molar-refractivity contribution in [2.24, 2.45) is 5.73 Å². The van der Waals surface area contributed by atoms with Gasteiger partial charge in [-0.15, -0.1) is 0 Å². The van der Waals surface area contributed by atoms with Gasteiger partial charge in [0.15, 0.2) is 0 Å². The Morgan fingerprint density at radius 1 is 1.39 bits per heavy atom. The molecule has 1 amide bonds. The first kappa shape index (κ1) is 12.5. The molecule has 1 heterocycles. The van der Waals surface area contributed by atoms with E-state index in [1.165, 1.54) is 0 Å². The van der Waals surface area contributed by atoms with Crippen LogP contribution in [0.5, 0.6) is 0 Å². The van der Waals surface area contributed by atoms with Gasteiger partial charge in [-0.05, 0) is 31.4 Å². The second-order valence-corrected chi connectivity index (χ2v) is 5.12. The molecule has 0 saturated carbocycles. The first-order valence-electron chi connectivity index (χ1n) is 5.87. The fraction of sp³-hybridized carbons (Fsp3) is 0.286. The normalized spacial score (nSPS) is 11.5. The number of benzene rings is 1. The second-order valence-electron chi connectivity index (χ2n) is 5.12. The van der Waals surface area contributed by atoms with Crippen LogP contribution in [-0.2, 0) is 4.79 Å². The SMILES string of the molecule is CC(C)(N)CC(=O)Nc1cccc2ccncc12. The molecular formula is C14H17N3O. The number of nitrogens with two attached hydrogens (primary N) is 1. The molecule has 0 fully saturated rings. The molecule has 0 spiro atoms. The zero-order valence-electron chi connectivity index (χ0n) is 10.6. The van der Waals surface area contributed by atoms with Crippen molar-refractivity contribution in [3.63, 3.8) is 0 Å². The smallest absolute Gasteiger partial charge is 0.226 e. The van der Waals surface area contributed by atoms with Crippen LogP contribution in [0.25, 0.3) is 10.8 Å². The maximum absolute atomic E-state index is 11.9. The van der Waals surface area contributed by atoms with Gasteiger partial charge in [-0.25, -0.2) is 0 Å². The van der Waals surface area contributed by atoms with Gasteiger partial charge >= 0.3 is 0 Å². The lowest BCUT2D eigenvalue weighted by molar-refractivity contribution is -0.117. The summed E-state index contributed by atoms with van der Waals surface area (Å²) in [5, 5.41) is 4.87. The number of hydrogen-bond donors (Lipinski definition) is 2. The number of amides is 1. The lowest BCUT2D eigenvalue weighted by atomic mass is 10.0. The minimum atomic E-state index is -0.507. The van der Waals surface area contributed by atoms with Crippen LogP contribution in [0.3, 0.4) is 0 Å². The molecule has 0 atom stereocenters. The monoisotopic (exact) mass is 243 g/mol. The molecule has 0 bridgehead atoms. The zero-order valence-corrected chi connectivity index (χ0v) is 10.6. The van der Waals surface area contributed by atoms with E-state index in [1.807, 2.05) is 38.1 Å². The fourth-order valence-electron chi connectivity index (χ4n) is 1.83. The van der Waals surface area contributed by atoms with Crippen molar-refractivity contribution >= 4 is 22.4 Å². The first-order valence-corrected chi connectivity index (χ1v) is 5.87. The number of carbonyl (C=O) groups is 1. The molecule has 0 saturated heterocycles. The fourth-order valence-corrected chi connectivity index (χ4v) is 1.83. The Morgan fingerprint density at radius 3 is 2.89 bits per heavy atom. The number of hydrogen-bond acceptors (Lipinski definition) is 3. The third-order valence-electron chi connectivity index (χ3n) is 2.57. The molecule has 2 aromatic rings. The summed E-state index contributed by atoms with van der Waals surface area (Å²) in [5.41, 5.74) is 6.10. The highest BCUT2D eigenvalue weighted by Gasteiger charge is 2.16. The summed E-state index contributed by atoms with van der Waals surface area (Å²) in [6, 6.07) is 7.67. The summed E-state index contributed by atoms with van der Waals surface area (Å²) in [6.45, 7) is 3.66. The van der Waals surface area contributed by atoms with Crippen molar-refractivity contribution < 1.29 is 4.79 Å². The standard InChI is InChI=1S/C14H17N3O/c1-14(2,15)8-13(18)17-12-5-3-4-10-6-7-16-9-11(10)12/h3-7,9H,8,15H2,1-2H3,(H,17,18). The third kappa shape index (κ3) is 3.05. The molecule has 1 aromatic heterocycles. The van der Waals surface area contributed by atoms with Crippen molar-refractivity contribution in [2.45, 2.75) is 25.8 Å². The molecule has 2 rings (SSSR count). The maximum atomic E-state index is 11.9. The van der Waals surface area contributed by atoms with Crippen LogP contribution in [0.15, 0.2) is 36.7 Å². The first-order chi connectivity index (χ1) is 8.46. The Hall–Kier alpha value is -1.94. The molecule has 1 aromatic carbocycles. The number of nitrogens with one attached hydrogen (secondary N) is 1. The van der Waals surface area contributed by atoms with Crippen LogP contribution >= 0.6 is 0 Å². The van der Waals surface area contributed by atoms with E-state index < -0.39 is 5.54 Å². The summed E-state index contributed by atoms with van der Waals surface area (Å²) < 4.78 is 0. The minimum absolute atomic E-state index is 0.0844. The minimum Gasteiger partial charge on any atom is -0.325 e.